The van der Waals surface area contributed by atoms with Crippen LogP contribution in [0.4, 0.5) is 0 Å². The number of nitrogens with one attached hydrogen (secondary N) is 1. The highest BCUT2D eigenvalue weighted by Crippen LogP contribution is 2.18. The van der Waals surface area contributed by atoms with Gasteiger partial charge in [-0.2, -0.15) is 0 Å². The molecule has 0 aliphatic heterocycles. The second-order valence-corrected chi connectivity index (χ2v) is 4.61. The van der Waals surface area contributed by atoms with Gasteiger partial charge in [-0.25, -0.2) is 0 Å². The van der Waals surface area contributed by atoms with Crippen molar-refractivity contribution in [2.45, 2.75) is 39.3 Å². The van der Waals surface area contributed by atoms with Crippen LogP contribution in [0.2, 0.25) is 0 Å². The van der Waals surface area contributed by atoms with Gasteiger partial charge in [-0.3, -0.25) is 4.79 Å². The SMILES string of the molecule is C#CCC(N)C(=O)NC(C)c1ccc(C)cc1C. The molecule has 18 heavy (non-hydrogen) atoms. The van der Waals surface area contributed by atoms with Crippen molar-refractivity contribution in [3.8, 4) is 12.3 Å². The van der Waals surface area contributed by atoms with Gasteiger partial charge in [0.15, 0.2) is 0 Å². The molecule has 0 bridgehead atoms. The number of nitrogens with two attached hydrogens (primary N) is 1. The van der Waals surface area contributed by atoms with Gasteiger partial charge in [0.2, 0.25) is 5.91 Å². The van der Waals surface area contributed by atoms with Gasteiger partial charge in [-0.05, 0) is 31.9 Å². The Morgan fingerprint density at radius 2 is 2.17 bits per heavy atom. The summed E-state index contributed by atoms with van der Waals surface area (Å²) >= 11 is 0. The molecule has 1 aromatic carbocycles. The Kier molecular flexibility index (Phi) is 4.94. The third-order valence-corrected chi connectivity index (χ3v) is 2.93. The largest absolute Gasteiger partial charge is 0.348 e. The monoisotopic (exact) mass is 244 g/mol. The van der Waals surface area contributed by atoms with Crippen molar-refractivity contribution in [1.29, 1.82) is 0 Å². The normalized spacial score (nSPS) is 13.5. The summed E-state index contributed by atoms with van der Waals surface area (Å²) in [4.78, 5) is 11.8. The molecule has 3 heteroatoms. The van der Waals surface area contributed by atoms with Crippen LogP contribution in [0.25, 0.3) is 0 Å². The van der Waals surface area contributed by atoms with Crippen molar-refractivity contribution in [3.05, 3.63) is 34.9 Å². The third-order valence-electron chi connectivity index (χ3n) is 2.93. The summed E-state index contributed by atoms with van der Waals surface area (Å²) in [5.74, 6) is 2.19. The maximum absolute atomic E-state index is 11.8. The Morgan fingerprint density at radius 1 is 1.50 bits per heavy atom. The molecule has 1 amide bonds. The molecular formula is C15H20N2O. The van der Waals surface area contributed by atoms with Crippen molar-refractivity contribution in [2.75, 3.05) is 0 Å². The molecule has 0 fully saturated rings. The van der Waals surface area contributed by atoms with Gasteiger partial charge >= 0.3 is 0 Å². The van der Waals surface area contributed by atoms with Gasteiger partial charge in [0.1, 0.15) is 0 Å². The van der Waals surface area contributed by atoms with Crippen LogP contribution in [0.3, 0.4) is 0 Å². The molecule has 2 atom stereocenters. The topological polar surface area (TPSA) is 55.1 Å². The lowest BCUT2D eigenvalue weighted by atomic mass is 10.00. The Labute approximate surface area is 109 Å². The fourth-order valence-corrected chi connectivity index (χ4v) is 1.93. The van der Waals surface area contributed by atoms with Gasteiger partial charge in [0, 0.05) is 6.42 Å². The number of rotatable bonds is 4. The quantitative estimate of drug-likeness (QED) is 0.794. The second-order valence-electron chi connectivity index (χ2n) is 4.61. The molecule has 0 heterocycles. The molecule has 3 nitrogen and oxygen atoms in total. The predicted molar refractivity (Wildman–Crippen MR) is 73.9 cm³/mol. The van der Waals surface area contributed by atoms with Crippen LogP contribution in [0, 0.1) is 26.2 Å². The molecule has 3 N–H and O–H groups in total. The minimum absolute atomic E-state index is 0.0677. The van der Waals surface area contributed by atoms with E-state index in [0.29, 0.717) is 0 Å². The highest BCUT2D eigenvalue weighted by atomic mass is 16.2. The zero-order chi connectivity index (χ0) is 13.7. The van der Waals surface area contributed by atoms with E-state index in [0.717, 1.165) is 11.1 Å². The van der Waals surface area contributed by atoms with Crippen LogP contribution in [0.5, 0.6) is 0 Å². The first-order chi connectivity index (χ1) is 8.45. The number of carbonyl (C=O) groups excluding carboxylic acids is 1. The number of hydrogen-bond acceptors (Lipinski definition) is 2. The number of hydrogen-bond donors (Lipinski definition) is 2. The van der Waals surface area contributed by atoms with Gasteiger partial charge in [-0.15, -0.1) is 12.3 Å². The molecule has 2 unspecified atom stereocenters. The molecule has 0 spiro atoms. The molecule has 0 aliphatic carbocycles. The van der Waals surface area contributed by atoms with E-state index in [1.807, 2.05) is 32.9 Å². The number of benzene rings is 1. The Morgan fingerprint density at radius 3 is 2.72 bits per heavy atom. The lowest BCUT2D eigenvalue weighted by Crippen LogP contribution is -2.41. The summed E-state index contributed by atoms with van der Waals surface area (Å²) in [6.45, 7) is 6.02. The average molecular weight is 244 g/mol. The summed E-state index contributed by atoms with van der Waals surface area (Å²) in [5.41, 5.74) is 9.13. The van der Waals surface area contributed by atoms with E-state index in [4.69, 9.17) is 12.2 Å². The van der Waals surface area contributed by atoms with Crippen molar-refractivity contribution < 1.29 is 4.79 Å². The molecule has 0 aliphatic rings. The van der Waals surface area contributed by atoms with Crippen LogP contribution in [-0.2, 0) is 4.79 Å². The van der Waals surface area contributed by atoms with E-state index in [9.17, 15) is 4.79 Å². The van der Waals surface area contributed by atoms with Gasteiger partial charge < -0.3 is 11.1 Å². The van der Waals surface area contributed by atoms with E-state index in [1.54, 1.807) is 0 Å². The smallest absolute Gasteiger partial charge is 0.238 e. The minimum Gasteiger partial charge on any atom is -0.348 e. The zero-order valence-corrected chi connectivity index (χ0v) is 11.2. The molecule has 0 saturated carbocycles. The maximum atomic E-state index is 11.8. The summed E-state index contributed by atoms with van der Waals surface area (Å²) in [7, 11) is 0. The Balaban J connectivity index is 2.74. The molecule has 0 radical (unpaired) electrons. The minimum atomic E-state index is -0.636. The zero-order valence-electron chi connectivity index (χ0n) is 11.2. The first kappa shape index (κ1) is 14.3. The van der Waals surface area contributed by atoms with E-state index in [2.05, 4.69) is 17.3 Å². The van der Waals surface area contributed by atoms with Crippen LogP contribution in [0.1, 0.15) is 36.1 Å². The fourth-order valence-electron chi connectivity index (χ4n) is 1.93. The highest BCUT2D eigenvalue weighted by Gasteiger charge is 2.16. The van der Waals surface area contributed by atoms with Crippen molar-refractivity contribution >= 4 is 5.91 Å². The van der Waals surface area contributed by atoms with Gasteiger partial charge in [0.25, 0.3) is 0 Å². The van der Waals surface area contributed by atoms with Gasteiger partial charge in [-0.1, -0.05) is 23.8 Å². The van der Waals surface area contributed by atoms with E-state index in [1.165, 1.54) is 5.56 Å². The van der Waals surface area contributed by atoms with Crippen molar-refractivity contribution in [1.82, 2.24) is 5.32 Å². The maximum Gasteiger partial charge on any atom is 0.238 e. The summed E-state index contributed by atoms with van der Waals surface area (Å²) in [6, 6.07) is 5.46. The first-order valence-corrected chi connectivity index (χ1v) is 6.02. The van der Waals surface area contributed by atoms with Crippen LogP contribution in [-0.4, -0.2) is 11.9 Å². The molecule has 0 aromatic heterocycles. The highest BCUT2D eigenvalue weighted by molar-refractivity contribution is 5.82. The van der Waals surface area contributed by atoms with E-state index < -0.39 is 6.04 Å². The Bertz CT molecular complexity index is 474. The molecular weight excluding hydrogens is 224 g/mol. The van der Waals surface area contributed by atoms with Crippen LogP contribution >= 0.6 is 0 Å². The van der Waals surface area contributed by atoms with Crippen molar-refractivity contribution in [3.63, 3.8) is 0 Å². The van der Waals surface area contributed by atoms with Crippen LogP contribution in [0.15, 0.2) is 18.2 Å². The third kappa shape index (κ3) is 3.61. The summed E-state index contributed by atoms with van der Waals surface area (Å²) < 4.78 is 0. The molecule has 1 rings (SSSR count). The second kappa shape index (κ2) is 6.23. The molecule has 96 valence electrons. The average Bonchev–Trinajstić information content (AvgIpc) is 2.28. The summed E-state index contributed by atoms with van der Waals surface area (Å²) in [6.07, 6.45) is 5.40. The number of carbonyl (C=O) groups is 1. The first-order valence-electron chi connectivity index (χ1n) is 6.02. The molecule has 1 aromatic rings. The number of terminal acetylenes is 1. The molecule has 0 saturated heterocycles. The van der Waals surface area contributed by atoms with E-state index in [-0.39, 0.29) is 18.4 Å². The predicted octanol–water partition coefficient (Wildman–Crippen LogP) is 1.83. The van der Waals surface area contributed by atoms with Gasteiger partial charge in [0.05, 0.1) is 12.1 Å². The Hall–Kier alpha value is -1.79. The van der Waals surface area contributed by atoms with E-state index >= 15 is 0 Å². The summed E-state index contributed by atoms with van der Waals surface area (Å²) in [5, 5.41) is 2.88. The lowest BCUT2D eigenvalue weighted by molar-refractivity contribution is -0.122. The number of amides is 1. The standard InChI is InChI=1S/C15H20N2O/c1-5-6-14(16)15(18)17-12(4)13-8-7-10(2)9-11(13)3/h1,7-9,12,14H,6,16H2,2-4H3,(H,17,18). The van der Waals surface area contributed by atoms with Crippen LogP contribution < -0.4 is 11.1 Å². The number of aryl methyl sites for hydroxylation is 2. The lowest BCUT2D eigenvalue weighted by Gasteiger charge is -2.19. The van der Waals surface area contributed by atoms with Crippen molar-refractivity contribution in [2.24, 2.45) is 5.73 Å². The fraction of sp³-hybridized carbons (Fsp3) is 0.400.